The maximum absolute atomic E-state index is 2.65. The van der Waals surface area contributed by atoms with Crippen molar-refractivity contribution in [3.05, 3.63) is 0 Å². The van der Waals surface area contributed by atoms with Crippen LogP contribution in [0.4, 0.5) is 0 Å². The van der Waals surface area contributed by atoms with E-state index >= 15 is 0 Å². The van der Waals surface area contributed by atoms with Crippen molar-refractivity contribution in [1.82, 2.24) is 4.90 Å². The molecule has 0 aliphatic heterocycles. The van der Waals surface area contributed by atoms with Gasteiger partial charge in [0, 0.05) is 12.1 Å². The van der Waals surface area contributed by atoms with E-state index in [1.54, 1.807) is 0 Å². The Morgan fingerprint density at radius 2 is 1.42 bits per heavy atom. The molecule has 0 saturated heterocycles. The molecule has 0 aliphatic rings. The van der Waals surface area contributed by atoms with E-state index in [0.717, 1.165) is 23.8 Å². The predicted octanol–water partition coefficient (Wildman–Crippen LogP) is 5.59. The Labute approximate surface area is 123 Å². The summed E-state index contributed by atoms with van der Waals surface area (Å²) >= 11 is 0. The van der Waals surface area contributed by atoms with Crippen molar-refractivity contribution in [2.75, 3.05) is 7.05 Å². The second-order valence-corrected chi connectivity index (χ2v) is 7.31. The first-order valence-electron chi connectivity index (χ1n) is 8.53. The van der Waals surface area contributed by atoms with Crippen molar-refractivity contribution in [2.24, 2.45) is 17.8 Å². The molecule has 0 bridgehead atoms. The molecule has 0 fully saturated rings. The van der Waals surface area contributed by atoms with Gasteiger partial charge in [-0.15, -0.1) is 0 Å². The fourth-order valence-electron chi connectivity index (χ4n) is 3.10. The van der Waals surface area contributed by atoms with Gasteiger partial charge in [0.1, 0.15) is 0 Å². The molecule has 0 radical (unpaired) electrons. The predicted molar refractivity (Wildman–Crippen MR) is 88.6 cm³/mol. The Morgan fingerprint density at radius 1 is 0.842 bits per heavy atom. The minimum atomic E-state index is 0.700. The van der Waals surface area contributed by atoms with E-state index in [4.69, 9.17) is 0 Å². The van der Waals surface area contributed by atoms with E-state index in [0.29, 0.717) is 6.04 Å². The highest BCUT2D eigenvalue weighted by Gasteiger charge is 2.25. The summed E-state index contributed by atoms with van der Waals surface area (Å²) in [6, 6.07) is 1.44. The maximum atomic E-state index is 2.65. The summed E-state index contributed by atoms with van der Waals surface area (Å²) in [4.78, 5) is 2.65. The quantitative estimate of drug-likeness (QED) is 0.499. The summed E-state index contributed by atoms with van der Waals surface area (Å²) in [5.41, 5.74) is 0. The third-order valence-electron chi connectivity index (χ3n) is 4.78. The van der Waals surface area contributed by atoms with Gasteiger partial charge in [-0.25, -0.2) is 0 Å². The van der Waals surface area contributed by atoms with Gasteiger partial charge in [0.2, 0.25) is 0 Å². The monoisotopic (exact) mass is 269 g/mol. The van der Waals surface area contributed by atoms with E-state index in [1.165, 1.54) is 32.1 Å². The number of hydrogen-bond acceptors (Lipinski definition) is 1. The van der Waals surface area contributed by atoms with Gasteiger partial charge >= 0.3 is 0 Å². The van der Waals surface area contributed by atoms with E-state index in [1.807, 2.05) is 0 Å². The van der Waals surface area contributed by atoms with Crippen LogP contribution in [0.3, 0.4) is 0 Å². The average Bonchev–Trinajstić information content (AvgIpc) is 2.33. The van der Waals surface area contributed by atoms with Crippen LogP contribution in [0.1, 0.15) is 80.6 Å². The first-order valence-corrected chi connectivity index (χ1v) is 8.53. The zero-order chi connectivity index (χ0) is 15.0. The van der Waals surface area contributed by atoms with E-state index in [-0.39, 0.29) is 0 Å². The average molecular weight is 270 g/mol. The Morgan fingerprint density at radius 3 is 1.84 bits per heavy atom. The van der Waals surface area contributed by atoms with Crippen LogP contribution >= 0.6 is 0 Å². The summed E-state index contributed by atoms with van der Waals surface area (Å²) in [5.74, 6) is 2.42. The zero-order valence-corrected chi connectivity index (χ0v) is 14.9. The van der Waals surface area contributed by atoms with Crippen molar-refractivity contribution in [3.8, 4) is 0 Å². The largest absolute Gasteiger partial charge is 0.300 e. The summed E-state index contributed by atoms with van der Waals surface area (Å²) in [6.45, 7) is 16.6. The van der Waals surface area contributed by atoms with E-state index in [9.17, 15) is 0 Å². The third kappa shape index (κ3) is 7.34. The molecule has 3 unspecified atom stereocenters. The van der Waals surface area contributed by atoms with Crippen LogP contribution in [0, 0.1) is 17.8 Å². The van der Waals surface area contributed by atoms with Gasteiger partial charge in [0.05, 0.1) is 0 Å². The summed E-state index contributed by atoms with van der Waals surface area (Å²) in [6.07, 6.45) is 6.76. The molecule has 0 aromatic rings. The van der Waals surface area contributed by atoms with Gasteiger partial charge in [0.25, 0.3) is 0 Å². The van der Waals surface area contributed by atoms with Crippen LogP contribution in [0.15, 0.2) is 0 Å². The van der Waals surface area contributed by atoms with Gasteiger partial charge in [-0.2, -0.15) is 0 Å². The van der Waals surface area contributed by atoms with Crippen LogP contribution in [-0.4, -0.2) is 24.0 Å². The van der Waals surface area contributed by atoms with Crippen molar-refractivity contribution in [3.63, 3.8) is 0 Å². The Balaban J connectivity index is 4.30. The van der Waals surface area contributed by atoms with Gasteiger partial charge in [0.15, 0.2) is 0 Å². The molecule has 0 aromatic carbocycles. The highest BCUT2D eigenvalue weighted by molar-refractivity contribution is 4.79. The Bertz CT molecular complexity index is 210. The van der Waals surface area contributed by atoms with Gasteiger partial charge < -0.3 is 4.90 Å². The van der Waals surface area contributed by atoms with Crippen molar-refractivity contribution in [2.45, 2.75) is 92.7 Å². The number of nitrogens with zero attached hydrogens (tertiary/aromatic N) is 1. The standard InChI is InChI=1S/C18H39N/c1-9-11-18(15(4)5)19(8)17(7)16(6)13-10-12-14(2)3/h14-18H,9-13H2,1-8H3. The second kappa shape index (κ2) is 9.80. The Hall–Kier alpha value is -0.0400. The summed E-state index contributed by atoms with van der Waals surface area (Å²) in [7, 11) is 2.34. The van der Waals surface area contributed by atoms with Gasteiger partial charge in [-0.3, -0.25) is 0 Å². The summed E-state index contributed by atoms with van der Waals surface area (Å²) in [5, 5.41) is 0. The fraction of sp³-hybridized carbons (Fsp3) is 1.00. The first-order chi connectivity index (χ1) is 8.81. The normalized spacial score (nSPS) is 17.2. The summed E-state index contributed by atoms with van der Waals surface area (Å²) < 4.78 is 0. The topological polar surface area (TPSA) is 3.24 Å². The van der Waals surface area contributed by atoms with E-state index < -0.39 is 0 Å². The molecular formula is C18H39N. The molecule has 1 nitrogen and oxygen atoms in total. The van der Waals surface area contributed by atoms with Crippen LogP contribution in [0.5, 0.6) is 0 Å². The number of rotatable bonds is 10. The van der Waals surface area contributed by atoms with E-state index in [2.05, 4.69) is 60.4 Å². The molecule has 0 spiro atoms. The van der Waals surface area contributed by atoms with Gasteiger partial charge in [-0.1, -0.05) is 60.8 Å². The number of hydrogen-bond donors (Lipinski definition) is 0. The van der Waals surface area contributed by atoms with Crippen molar-refractivity contribution >= 4 is 0 Å². The molecule has 116 valence electrons. The lowest BCUT2D eigenvalue weighted by Crippen LogP contribution is -2.44. The molecule has 0 heterocycles. The molecule has 0 N–H and O–H groups in total. The fourth-order valence-corrected chi connectivity index (χ4v) is 3.10. The van der Waals surface area contributed by atoms with Crippen molar-refractivity contribution in [1.29, 1.82) is 0 Å². The lowest BCUT2D eigenvalue weighted by molar-refractivity contribution is 0.0997. The van der Waals surface area contributed by atoms with Crippen LogP contribution < -0.4 is 0 Å². The smallest absolute Gasteiger partial charge is 0.0118 e. The molecule has 0 amide bonds. The molecule has 3 atom stereocenters. The van der Waals surface area contributed by atoms with Crippen LogP contribution in [-0.2, 0) is 0 Å². The lowest BCUT2D eigenvalue weighted by Gasteiger charge is -2.38. The molecule has 0 aromatic heterocycles. The zero-order valence-electron chi connectivity index (χ0n) is 14.9. The van der Waals surface area contributed by atoms with Crippen molar-refractivity contribution < 1.29 is 0 Å². The van der Waals surface area contributed by atoms with Crippen LogP contribution in [0.2, 0.25) is 0 Å². The third-order valence-corrected chi connectivity index (χ3v) is 4.78. The molecular weight excluding hydrogens is 230 g/mol. The SMILES string of the molecule is CCCC(C(C)C)N(C)C(C)C(C)CCCC(C)C. The minimum absolute atomic E-state index is 0.700. The molecule has 19 heavy (non-hydrogen) atoms. The second-order valence-electron chi connectivity index (χ2n) is 7.31. The highest BCUT2D eigenvalue weighted by Crippen LogP contribution is 2.24. The first kappa shape index (κ1) is 19.0. The van der Waals surface area contributed by atoms with Gasteiger partial charge in [-0.05, 0) is 44.6 Å². The maximum Gasteiger partial charge on any atom is 0.0118 e. The molecule has 0 saturated carbocycles. The Kier molecular flexibility index (Phi) is 9.78. The lowest BCUT2D eigenvalue weighted by atomic mass is 9.90. The molecule has 0 aliphatic carbocycles. The molecule has 1 heteroatoms. The van der Waals surface area contributed by atoms with Crippen LogP contribution in [0.25, 0.3) is 0 Å². The highest BCUT2D eigenvalue weighted by atomic mass is 15.2. The minimum Gasteiger partial charge on any atom is -0.300 e. The molecule has 0 rings (SSSR count).